The van der Waals surface area contributed by atoms with Crippen LogP contribution in [0.1, 0.15) is 49.3 Å². The van der Waals surface area contributed by atoms with Gasteiger partial charge in [0.1, 0.15) is 5.82 Å². The molecule has 0 radical (unpaired) electrons. The largest absolute Gasteiger partial charge is 0.271 e. The topological polar surface area (TPSA) is 38.0 Å². The van der Waals surface area contributed by atoms with Crippen LogP contribution < -0.4 is 11.3 Å². The van der Waals surface area contributed by atoms with Gasteiger partial charge in [0.2, 0.25) is 0 Å². The third kappa shape index (κ3) is 2.79. The molecule has 0 heterocycles. The number of hydrogen-bond acceptors (Lipinski definition) is 2. The van der Waals surface area contributed by atoms with Crippen LogP contribution in [-0.4, -0.2) is 0 Å². The van der Waals surface area contributed by atoms with Crippen molar-refractivity contribution in [3.05, 3.63) is 46.8 Å². The Morgan fingerprint density at radius 3 is 2.89 bits per heavy atom. The molecule has 3 N–H and O–H groups in total. The van der Waals surface area contributed by atoms with Gasteiger partial charge in [0.15, 0.2) is 0 Å². The van der Waals surface area contributed by atoms with E-state index in [1.165, 1.54) is 18.4 Å². The third-order valence-corrected chi connectivity index (χ3v) is 3.65. The summed E-state index contributed by atoms with van der Waals surface area (Å²) in [5.41, 5.74) is 5.32. The van der Waals surface area contributed by atoms with Gasteiger partial charge in [0.25, 0.3) is 0 Å². The highest BCUT2D eigenvalue weighted by Gasteiger charge is 2.20. The summed E-state index contributed by atoms with van der Waals surface area (Å²) in [6.45, 7) is 1.79. The SMILES string of the molecule is Cc1cccc(C(NN)C2=CCCCCC2)c1F. The van der Waals surface area contributed by atoms with Crippen molar-refractivity contribution < 1.29 is 4.39 Å². The van der Waals surface area contributed by atoms with E-state index in [4.69, 9.17) is 5.84 Å². The Bertz CT molecular complexity index is 440. The second-order valence-electron chi connectivity index (χ2n) is 4.96. The smallest absolute Gasteiger partial charge is 0.131 e. The van der Waals surface area contributed by atoms with E-state index in [1.54, 1.807) is 13.0 Å². The molecule has 18 heavy (non-hydrogen) atoms. The van der Waals surface area contributed by atoms with Crippen molar-refractivity contribution in [2.75, 3.05) is 0 Å². The minimum Gasteiger partial charge on any atom is -0.271 e. The molecule has 0 saturated carbocycles. The second-order valence-corrected chi connectivity index (χ2v) is 4.96. The Balaban J connectivity index is 2.32. The number of allylic oxidation sites excluding steroid dienone is 1. The molecule has 1 unspecified atom stereocenters. The van der Waals surface area contributed by atoms with Crippen LogP contribution in [0.5, 0.6) is 0 Å². The van der Waals surface area contributed by atoms with Crippen molar-refractivity contribution in [2.24, 2.45) is 5.84 Å². The fourth-order valence-corrected chi connectivity index (χ4v) is 2.59. The molecule has 0 amide bonds. The van der Waals surface area contributed by atoms with E-state index in [-0.39, 0.29) is 11.9 Å². The highest BCUT2D eigenvalue weighted by Crippen LogP contribution is 2.30. The van der Waals surface area contributed by atoms with E-state index >= 15 is 0 Å². The summed E-state index contributed by atoms with van der Waals surface area (Å²) in [7, 11) is 0. The Kier molecular flexibility index (Phi) is 4.50. The number of nitrogens with two attached hydrogens (primary N) is 1. The summed E-state index contributed by atoms with van der Waals surface area (Å²) in [5.74, 6) is 5.50. The number of nitrogens with one attached hydrogen (secondary N) is 1. The van der Waals surface area contributed by atoms with Crippen LogP contribution >= 0.6 is 0 Å². The first-order valence-corrected chi connectivity index (χ1v) is 6.64. The van der Waals surface area contributed by atoms with Gasteiger partial charge in [-0.05, 0) is 38.2 Å². The molecule has 1 aromatic carbocycles. The fraction of sp³-hybridized carbons (Fsp3) is 0.467. The maximum atomic E-state index is 14.2. The van der Waals surface area contributed by atoms with Crippen molar-refractivity contribution in [1.29, 1.82) is 0 Å². The van der Waals surface area contributed by atoms with E-state index < -0.39 is 0 Å². The maximum Gasteiger partial charge on any atom is 0.131 e. The molecular weight excluding hydrogens is 227 g/mol. The van der Waals surface area contributed by atoms with Gasteiger partial charge >= 0.3 is 0 Å². The Morgan fingerprint density at radius 1 is 1.28 bits per heavy atom. The summed E-state index contributed by atoms with van der Waals surface area (Å²) in [5, 5.41) is 0. The van der Waals surface area contributed by atoms with E-state index in [0.717, 1.165) is 19.3 Å². The number of hydrazine groups is 1. The lowest BCUT2D eigenvalue weighted by atomic mass is 9.94. The highest BCUT2D eigenvalue weighted by molar-refractivity contribution is 5.33. The molecule has 0 bridgehead atoms. The minimum atomic E-state index is -0.192. The number of halogens is 1. The van der Waals surface area contributed by atoms with Gasteiger partial charge in [-0.1, -0.05) is 36.3 Å². The standard InChI is InChI=1S/C15H21FN2/c1-11-7-6-10-13(14(11)16)15(18-17)12-8-4-2-3-5-9-12/h6-8,10,15,18H,2-5,9,17H2,1H3. The van der Waals surface area contributed by atoms with Gasteiger partial charge in [-0.25, -0.2) is 9.82 Å². The molecule has 1 atom stereocenters. The lowest BCUT2D eigenvalue weighted by molar-refractivity contribution is 0.537. The van der Waals surface area contributed by atoms with Gasteiger partial charge in [-0.15, -0.1) is 0 Å². The van der Waals surface area contributed by atoms with Crippen LogP contribution in [0, 0.1) is 12.7 Å². The van der Waals surface area contributed by atoms with E-state index in [0.29, 0.717) is 11.1 Å². The van der Waals surface area contributed by atoms with Crippen molar-refractivity contribution >= 4 is 0 Å². The van der Waals surface area contributed by atoms with Crippen LogP contribution in [0.4, 0.5) is 4.39 Å². The molecule has 2 rings (SSSR count). The van der Waals surface area contributed by atoms with E-state index in [1.807, 2.05) is 12.1 Å². The maximum absolute atomic E-state index is 14.2. The number of hydrogen-bond donors (Lipinski definition) is 2. The zero-order chi connectivity index (χ0) is 13.0. The zero-order valence-corrected chi connectivity index (χ0v) is 10.9. The minimum absolute atomic E-state index is 0.148. The fourth-order valence-electron chi connectivity index (χ4n) is 2.59. The zero-order valence-electron chi connectivity index (χ0n) is 10.9. The molecule has 0 saturated heterocycles. The molecule has 0 fully saturated rings. The predicted molar refractivity (Wildman–Crippen MR) is 72.4 cm³/mol. The van der Waals surface area contributed by atoms with Crippen molar-refractivity contribution in [3.63, 3.8) is 0 Å². The van der Waals surface area contributed by atoms with Gasteiger partial charge in [0, 0.05) is 5.56 Å². The quantitative estimate of drug-likeness (QED) is 0.488. The van der Waals surface area contributed by atoms with Gasteiger partial charge in [-0.2, -0.15) is 0 Å². The number of aryl methyl sites for hydroxylation is 1. The summed E-state index contributed by atoms with van der Waals surface area (Å²) >= 11 is 0. The third-order valence-electron chi connectivity index (χ3n) is 3.65. The highest BCUT2D eigenvalue weighted by atomic mass is 19.1. The van der Waals surface area contributed by atoms with Crippen LogP contribution in [0.2, 0.25) is 0 Å². The first-order valence-electron chi connectivity index (χ1n) is 6.64. The second kappa shape index (κ2) is 6.12. The van der Waals surface area contributed by atoms with Crippen LogP contribution in [0.15, 0.2) is 29.8 Å². The molecule has 2 nitrogen and oxygen atoms in total. The summed E-state index contributed by atoms with van der Waals surface area (Å²) in [6, 6.07) is 5.30. The Morgan fingerprint density at radius 2 is 2.11 bits per heavy atom. The van der Waals surface area contributed by atoms with Crippen molar-refractivity contribution in [1.82, 2.24) is 5.43 Å². The first kappa shape index (κ1) is 13.2. The summed E-state index contributed by atoms with van der Waals surface area (Å²) in [6.07, 6.45) is 7.92. The summed E-state index contributed by atoms with van der Waals surface area (Å²) in [4.78, 5) is 0. The monoisotopic (exact) mass is 248 g/mol. The molecule has 0 spiro atoms. The molecule has 1 aliphatic carbocycles. The number of benzene rings is 1. The van der Waals surface area contributed by atoms with E-state index in [9.17, 15) is 4.39 Å². The molecule has 3 heteroatoms. The predicted octanol–water partition coefficient (Wildman–Crippen LogP) is 3.53. The molecule has 0 aromatic heterocycles. The van der Waals surface area contributed by atoms with E-state index in [2.05, 4.69) is 11.5 Å². The molecule has 98 valence electrons. The van der Waals surface area contributed by atoms with Gasteiger partial charge in [-0.3, -0.25) is 5.84 Å². The Hall–Kier alpha value is -1.19. The molecule has 0 aliphatic heterocycles. The lowest BCUT2D eigenvalue weighted by Crippen LogP contribution is -2.30. The Labute approximate surface area is 108 Å². The normalized spacial score (nSPS) is 18.1. The van der Waals surface area contributed by atoms with Gasteiger partial charge in [0.05, 0.1) is 6.04 Å². The molecule has 1 aliphatic rings. The number of rotatable bonds is 3. The van der Waals surface area contributed by atoms with Gasteiger partial charge < -0.3 is 0 Å². The first-order chi connectivity index (χ1) is 8.74. The average molecular weight is 248 g/mol. The van der Waals surface area contributed by atoms with Crippen LogP contribution in [-0.2, 0) is 0 Å². The lowest BCUT2D eigenvalue weighted by Gasteiger charge is -2.21. The van der Waals surface area contributed by atoms with Crippen LogP contribution in [0.25, 0.3) is 0 Å². The van der Waals surface area contributed by atoms with Crippen molar-refractivity contribution in [2.45, 2.75) is 45.1 Å². The van der Waals surface area contributed by atoms with Crippen LogP contribution in [0.3, 0.4) is 0 Å². The van der Waals surface area contributed by atoms with Crippen molar-refractivity contribution in [3.8, 4) is 0 Å². The molecule has 1 aromatic rings. The summed E-state index contributed by atoms with van der Waals surface area (Å²) < 4.78 is 14.2. The molecular formula is C15H21FN2. The average Bonchev–Trinajstić information content (AvgIpc) is 2.64.